The maximum atomic E-state index is 5.23. The van der Waals surface area contributed by atoms with Crippen LogP contribution in [-0.4, -0.2) is 39.2 Å². The molecule has 0 heterocycles. The highest BCUT2D eigenvalue weighted by Gasteiger charge is 2.07. The molecule has 1 unspecified atom stereocenters. The molecule has 1 atom stereocenters. The number of nitrogens with zero attached hydrogens (tertiary/aromatic N) is 1. The zero-order valence-electron chi connectivity index (χ0n) is 11.7. The zero-order chi connectivity index (χ0) is 13.5. The third-order valence-corrected chi connectivity index (χ3v) is 3.46. The van der Waals surface area contributed by atoms with Gasteiger partial charge in [0.15, 0.2) is 0 Å². The van der Waals surface area contributed by atoms with Gasteiger partial charge in [-0.15, -0.1) is 0 Å². The van der Waals surface area contributed by atoms with Gasteiger partial charge in [-0.3, -0.25) is 0 Å². The van der Waals surface area contributed by atoms with Crippen LogP contribution in [0.1, 0.15) is 12.5 Å². The van der Waals surface area contributed by atoms with Gasteiger partial charge in [-0.25, -0.2) is 0 Å². The summed E-state index contributed by atoms with van der Waals surface area (Å²) in [7, 11) is 5.84. The molecular formula is C14H23BrN2O. The van der Waals surface area contributed by atoms with Gasteiger partial charge in [0.2, 0.25) is 0 Å². The lowest BCUT2D eigenvalue weighted by Crippen LogP contribution is -2.29. The molecule has 0 amide bonds. The number of methoxy groups -OCH3 is 1. The molecule has 18 heavy (non-hydrogen) atoms. The van der Waals surface area contributed by atoms with E-state index in [9.17, 15) is 0 Å². The summed E-state index contributed by atoms with van der Waals surface area (Å²) < 4.78 is 6.25. The number of hydrogen-bond donors (Lipinski definition) is 1. The van der Waals surface area contributed by atoms with Crippen molar-refractivity contribution in [2.45, 2.75) is 13.5 Å². The minimum absolute atomic E-state index is 0.654. The van der Waals surface area contributed by atoms with Crippen LogP contribution in [0.25, 0.3) is 0 Å². The molecule has 4 heteroatoms. The Morgan fingerprint density at radius 3 is 2.72 bits per heavy atom. The quantitative estimate of drug-likeness (QED) is 0.837. The predicted octanol–water partition coefficient (Wildman–Crippen LogP) is 2.75. The fourth-order valence-corrected chi connectivity index (χ4v) is 2.72. The first-order valence-corrected chi connectivity index (χ1v) is 7.01. The summed E-state index contributed by atoms with van der Waals surface area (Å²) in [6, 6.07) is 6.24. The summed E-state index contributed by atoms with van der Waals surface area (Å²) in [6.45, 7) is 5.36. The van der Waals surface area contributed by atoms with Crippen molar-refractivity contribution in [3.63, 3.8) is 0 Å². The van der Waals surface area contributed by atoms with Crippen molar-refractivity contribution in [2.24, 2.45) is 5.92 Å². The normalized spacial score (nSPS) is 12.8. The van der Waals surface area contributed by atoms with Gasteiger partial charge < -0.3 is 15.0 Å². The van der Waals surface area contributed by atoms with Gasteiger partial charge in [0.05, 0.1) is 11.6 Å². The van der Waals surface area contributed by atoms with Gasteiger partial charge in [0, 0.05) is 13.1 Å². The Balaban J connectivity index is 2.54. The lowest BCUT2D eigenvalue weighted by atomic mass is 10.1. The molecule has 0 aliphatic rings. The molecule has 0 aliphatic carbocycles. The smallest absolute Gasteiger partial charge is 0.133 e. The Bertz CT molecular complexity index is 371. The highest BCUT2D eigenvalue weighted by Crippen LogP contribution is 2.25. The topological polar surface area (TPSA) is 24.5 Å². The van der Waals surface area contributed by atoms with Gasteiger partial charge in [0.1, 0.15) is 5.75 Å². The van der Waals surface area contributed by atoms with E-state index in [4.69, 9.17) is 4.74 Å². The van der Waals surface area contributed by atoms with Crippen molar-refractivity contribution < 1.29 is 4.74 Å². The van der Waals surface area contributed by atoms with Crippen molar-refractivity contribution in [1.29, 1.82) is 0 Å². The number of ether oxygens (including phenoxy) is 1. The van der Waals surface area contributed by atoms with E-state index in [-0.39, 0.29) is 0 Å². The van der Waals surface area contributed by atoms with Crippen molar-refractivity contribution >= 4 is 15.9 Å². The van der Waals surface area contributed by atoms with Crippen LogP contribution < -0.4 is 10.1 Å². The van der Waals surface area contributed by atoms with E-state index in [1.54, 1.807) is 7.11 Å². The van der Waals surface area contributed by atoms with Crippen molar-refractivity contribution in [2.75, 3.05) is 34.3 Å². The average Bonchev–Trinajstić information content (AvgIpc) is 2.29. The zero-order valence-corrected chi connectivity index (χ0v) is 13.3. The molecule has 1 N–H and O–H groups in total. The SMILES string of the molecule is CNCC(C)CN(C)Cc1ccc(OC)c(Br)c1. The lowest BCUT2D eigenvalue weighted by Gasteiger charge is -2.21. The van der Waals surface area contributed by atoms with E-state index in [1.165, 1.54) is 5.56 Å². The standard InChI is InChI=1S/C14H23BrN2O/c1-11(8-16-2)9-17(3)10-12-5-6-14(18-4)13(15)7-12/h5-7,11,16H,8-10H2,1-4H3. The van der Waals surface area contributed by atoms with Gasteiger partial charge in [-0.05, 0) is 60.2 Å². The molecule has 0 aromatic heterocycles. The van der Waals surface area contributed by atoms with Crippen LogP contribution in [-0.2, 0) is 6.54 Å². The Morgan fingerprint density at radius 2 is 2.17 bits per heavy atom. The van der Waals surface area contributed by atoms with E-state index in [0.717, 1.165) is 29.9 Å². The first-order valence-electron chi connectivity index (χ1n) is 6.22. The highest BCUT2D eigenvalue weighted by atomic mass is 79.9. The summed E-state index contributed by atoms with van der Waals surface area (Å²) in [4.78, 5) is 2.34. The number of rotatable bonds is 7. The second-order valence-corrected chi connectivity index (χ2v) is 5.68. The second kappa shape index (κ2) is 7.77. The molecule has 0 fully saturated rings. The average molecular weight is 315 g/mol. The van der Waals surface area contributed by atoms with E-state index >= 15 is 0 Å². The fourth-order valence-electron chi connectivity index (χ4n) is 2.13. The first-order chi connectivity index (χ1) is 8.56. The number of halogens is 1. The van der Waals surface area contributed by atoms with Crippen LogP contribution in [0, 0.1) is 5.92 Å². The van der Waals surface area contributed by atoms with Gasteiger partial charge in [0.25, 0.3) is 0 Å². The molecule has 0 bridgehead atoms. The lowest BCUT2D eigenvalue weighted by molar-refractivity contribution is 0.276. The molecule has 0 radical (unpaired) electrons. The third-order valence-electron chi connectivity index (χ3n) is 2.84. The van der Waals surface area contributed by atoms with Gasteiger partial charge >= 0.3 is 0 Å². The number of hydrogen-bond acceptors (Lipinski definition) is 3. The largest absolute Gasteiger partial charge is 0.496 e. The molecule has 102 valence electrons. The molecule has 3 nitrogen and oxygen atoms in total. The minimum atomic E-state index is 0.654. The number of benzene rings is 1. The fraction of sp³-hybridized carbons (Fsp3) is 0.571. The summed E-state index contributed by atoms with van der Waals surface area (Å²) in [6.07, 6.45) is 0. The van der Waals surface area contributed by atoms with Crippen molar-refractivity contribution in [3.8, 4) is 5.75 Å². The Labute approximate surface area is 119 Å². The first kappa shape index (κ1) is 15.5. The molecule has 0 saturated carbocycles. The molecule has 1 rings (SSSR count). The molecule has 1 aromatic carbocycles. The van der Waals surface area contributed by atoms with E-state index in [1.807, 2.05) is 13.1 Å². The molecule has 0 spiro atoms. The van der Waals surface area contributed by atoms with Crippen molar-refractivity contribution in [1.82, 2.24) is 10.2 Å². The van der Waals surface area contributed by atoms with E-state index in [2.05, 4.69) is 52.3 Å². The molecule has 1 aromatic rings. The molecule has 0 saturated heterocycles. The molecule has 0 aliphatic heterocycles. The highest BCUT2D eigenvalue weighted by molar-refractivity contribution is 9.10. The summed E-state index contributed by atoms with van der Waals surface area (Å²) in [5.74, 6) is 1.53. The summed E-state index contributed by atoms with van der Waals surface area (Å²) in [5.41, 5.74) is 1.29. The predicted molar refractivity (Wildman–Crippen MR) is 80.1 cm³/mol. The van der Waals surface area contributed by atoms with Crippen LogP contribution >= 0.6 is 15.9 Å². The maximum absolute atomic E-state index is 5.23. The van der Waals surface area contributed by atoms with Crippen LogP contribution in [0.4, 0.5) is 0 Å². The minimum Gasteiger partial charge on any atom is -0.496 e. The van der Waals surface area contributed by atoms with Gasteiger partial charge in [-0.2, -0.15) is 0 Å². The van der Waals surface area contributed by atoms with Crippen LogP contribution in [0.15, 0.2) is 22.7 Å². The van der Waals surface area contributed by atoms with Crippen LogP contribution in [0.3, 0.4) is 0 Å². The van der Waals surface area contributed by atoms with Gasteiger partial charge in [-0.1, -0.05) is 13.0 Å². The number of nitrogens with one attached hydrogen (secondary N) is 1. The van der Waals surface area contributed by atoms with Crippen LogP contribution in [0.2, 0.25) is 0 Å². The second-order valence-electron chi connectivity index (χ2n) is 4.83. The Hall–Kier alpha value is -0.580. The summed E-state index contributed by atoms with van der Waals surface area (Å²) >= 11 is 3.52. The molecular weight excluding hydrogens is 292 g/mol. The summed E-state index contributed by atoms with van der Waals surface area (Å²) in [5, 5.41) is 3.21. The van der Waals surface area contributed by atoms with E-state index < -0.39 is 0 Å². The monoisotopic (exact) mass is 314 g/mol. The van der Waals surface area contributed by atoms with Crippen LogP contribution in [0.5, 0.6) is 5.75 Å². The Morgan fingerprint density at radius 1 is 1.44 bits per heavy atom. The van der Waals surface area contributed by atoms with Crippen molar-refractivity contribution in [3.05, 3.63) is 28.2 Å². The maximum Gasteiger partial charge on any atom is 0.133 e. The Kier molecular flexibility index (Phi) is 6.68. The van der Waals surface area contributed by atoms with E-state index in [0.29, 0.717) is 5.92 Å². The third kappa shape index (κ3) is 4.96.